The fourth-order valence-corrected chi connectivity index (χ4v) is 8.01. The Morgan fingerprint density at radius 1 is 0.842 bits per heavy atom. The molecular formula is C39H51N2O14P2-. The maximum absolute atomic E-state index is 13.9. The van der Waals surface area contributed by atoms with Crippen LogP contribution in [0.5, 0.6) is 17.4 Å². The summed E-state index contributed by atoms with van der Waals surface area (Å²) >= 11 is 0. The number of carbonyl (C=O) groups is 2. The van der Waals surface area contributed by atoms with Gasteiger partial charge in [0.1, 0.15) is 30.8 Å². The van der Waals surface area contributed by atoms with E-state index >= 15 is 0 Å². The standard InChI is InChI=1S/C39H52N2O14P2/c1-4-6-8-9-10-11-12-14-37(43)54-33-21-17-31(18-22-33)27-51-57(48,50-26-30-15-19-32(20-16-30)53-36(42)13-7-5-2)55-56(46,47)49-28-34-23-24-35(52-34)41-25-29(3)38(44)40-39(41)45/h15-25,34-35H,4-14,26-28H2,1-3H3,(H,46,47)(H,40,44,45)/p-1/t34-,35+,57?/m0/s1. The number of phosphoric ester groups is 2. The quantitative estimate of drug-likeness (QED) is 0.0304. The van der Waals surface area contributed by atoms with Crippen LogP contribution in [0, 0.1) is 6.92 Å². The molecule has 1 N–H and O–H groups in total. The zero-order valence-electron chi connectivity index (χ0n) is 32.4. The summed E-state index contributed by atoms with van der Waals surface area (Å²) < 4.78 is 51.7. The molecule has 0 saturated heterocycles. The molecule has 0 bridgehead atoms. The lowest BCUT2D eigenvalue weighted by Crippen LogP contribution is -2.29. The van der Waals surface area contributed by atoms with Gasteiger partial charge in [0, 0.05) is 19.0 Å². The lowest BCUT2D eigenvalue weighted by molar-refractivity contribution is -0.276. The Morgan fingerprint density at radius 3 is 1.93 bits per heavy atom. The third-order valence-corrected chi connectivity index (χ3v) is 11.6. The normalized spacial score (nSPS) is 17.2. The number of benzene rings is 2. The van der Waals surface area contributed by atoms with E-state index in [1.54, 1.807) is 24.3 Å². The third-order valence-electron chi connectivity index (χ3n) is 8.58. The predicted octanol–water partition coefficient (Wildman–Crippen LogP) is 6.83. The summed E-state index contributed by atoms with van der Waals surface area (Å²) in [6, 6.07) is 12.3. The van der Waals surface area contributed by atoms with Gasteiger partial charge in [-0.05, 0) is 72.7 Å². The van der Waals surface area contributed by atoms with Crippen LogP contribution in [-0.4, -0.2) is 39.1 Å². The molecule has 57 heavy (non-hydrogen) atoms. The topological polar surface area (TPSA) is 217 Å². The van der Waals surface area contributed by atoms with Crippen LogP contribution in [0.4, 0.5) is 0 Å². The molecule has 1 aliphatic heterocycles. The van der Waals surface area contributed by atoms with Crippen LogP contribution in [0.15, 0.2) is 71.7 Å². The molecule has 2 aromatic carbocycles. The molecular weight excluding hydrogens is 782 g/mol. The number of rotatable bonds is 25. The van der Waals surface area contributed by atoms with Gasteiger partial charge in [0.15, 0.2) is 6.23 Å². The Balaban J connectivity index is 1.35. The molecule has 4 rings (SSSR count). The molecule has 16 nitrogen and oxygen atoms in total. The first kappa shape index (κ1) is 45.9. The molecule has 0 aliphatic carbocycles. The van der Waals surface area contributed by atoms with Gasteiger partial charge in [-0.15, -0.1) is 0 Å². The highest BCUT2D eigenvalue weighted by Crippen LogP contribution is 2.67. The van der Waals surface area contributed by atoms with Crippen molar-refractivity contribution >= 4 is 27.9 Å². The summed E-state index contributed by atoms with van der Waals surface area (Å²) in [6.07, 6.45) is 11.9. The maximum atomic E-state index is 13.9. The van der Waals surface area contributed by atoms with Crippen LogP contribution in [0.1, 0.15) is 107 Å². The molecule has 0 amide bonds. The van der Waals surface area contributed by atoms with Gasteiger partial charge in [-0.1, -0.05) is 93.4 Å². The zero-order chi connectivity index (χ0) is 41.3. The van der Waals surface area contributed by atoms with Crippen LogP contribution < -0.4 is 25.2 Å². The Hall–Kier alpha value is -3.82. The number of carbonyl (C=O) groups excluding carboxylic acids is 2. The molecule has 0 radical (unpaired) electrons. The first-order valence-corrected chi connectivity index (χ1v) is 22.0. The highest BCUT2D eigenvalue weighted by Gasteiger charge is 2.44. The number of ether oxygens (including phenoxy) is 3. The number of esters is 2. The summed E-state index contributed by atoms with van der Waals surface area (Å²) in [5, 5.41) is 11.7. The second-order valence-corrected chi connectivity index (χ2v) is 16.7. The van der Waals surface area contributed by atoms with Gasteiger partial charge in [0.2, 0.25) is 0 Å². The van der Waals surface area contributed by atoms with E-state index in [2.05, 4.69) is 11.9 Å². The second kappa shape index (κ2) is 22.9. The number of unbranched alkanes of at least 4 members (excludes halogenated alkanes) is 7. The maximum Gasteiger partial charge on any atom is 0.510 e. The van der Waals surface area contributed by atoms with Crippen molar-refractivity contribution in [2.24, 2.45) is 0 Å². The minimum Gasteiger partial charge on any atom is -0.858 e. The predicted molar refractivity (Wildman–Crippen MR) is 205 cm³/mol. The van der Waals surface area contributed by atoms with Crippen molar-refractivity contribution < 1.29 is 61.1 Å². The first-order chi connectivity index (χ1) is 27.3. The summed E-state index contributed by atoms with van der Waals surface area (Å²) in [7, 11) is -10.0. The fraction of sp³-hybridized carbons (Fsp3) is 0.487. The van der Waals surface area contributed by atoms with Crippen molar-refractivity contribution in [2.45, 2.75) is 117 Å². The number of aromatic nitrogens is 2. The molecule has 312 valence electrons. The summed E-state index contributed by atoms with van der Waals surface area (Å²) in [5.41, 5.74) is 0.251. The fourth-order valence-electron chi connectivity index (χ4n) is 5.41. The van der Waals surface area contributed by atoms with Gasteiger partial charge in [0.05, 0.1) is 6.61 Å². The smallest absolute Gasteiger partial charge is 0.510 e. The van der Waals surface area contributed by atoms with Crippen molar-refractivity contribution in [1.82, 2.24) is 9.55 Å². The van der Waals surface area contributed by atoms with Crippen molar-refractivity contribution in [3.8, 4) is 17.4 Å². The summed E-state index contributed by atoms with van der Waals surface area (Å²) in [6.45, 7) is 4.23. The SMILES string of the molecule is CCCCCCCCCC(=O)Oc1ccc(CO[P+]([O-])(OCc2ccc(OC(=O)CCCC)cc2)OP(=O)(O)OC[C@@H]2C=C[C@H](n3cc(C)c([O-])nc3=O)O2)cc1. The van der Waals surface area contributed by atoms with E-state index in [1.807, 2.05) is 6.92 Å². The minimum atomic E-state index is -5.17. The number of hydrogen-bond acceptors (Lipinski definition) is 14. The highest BCUT2D eigenvalue weighted by atomic mass is 31.3. The van der Waals surface area contributed by atoms with Gasteiger partial charge in [0.25, 0.3) is 0 Å². The number of nitrogens with zero attached hydrogens (tertiary/aromatic N) is 2. The van der Waals surface area contributed by atoms with Gasteiger partial charge < -0.3 is 29.1 Å². The lowest BCUT2D eigenvalue weighted by atomic mass is 10.1. The van der Waals surface area contributed by atoms with Gasteiger partial charge in [-0.3, -0.25) is 18.7 Å². The van der Waals surface area contributed by atoms with Crippen LogP contribution in [0.25, 0.3) is 0 Å². The molecule has 1 aliphatic rings. The Morgan fingerprint density at radius 2 is 1.37 bits per heavy atom. The second-order valence-electron chi connectivity index (χ2n) is 13.4. The van der Waals surface area contributed by atoms with E-state index in [1.165, 1.54) is 68.8 Å². The Labute approximate surface area is 333 Å². The van der Waals surface area contributed by atoms with Gasteiger partial charge >= 0.3 is 33.6 Å². The number of aryl methyl sites for hydroxylation is 1. The Kier molecular flexibility index (Phi) is 18.5. The number of phosphoric acid groups is 2. The van der Waals surface area contributed by atoms with E-state index in [0.29, 0.717) is 35.5 Å². The van der Waals surface area contributed by atoms with Crippen LogP contribution in [0.3, 0.4) is 0 Å². The first-order valence-electron chi connectivity index (χ1n) is 19.1. The van der Waals surface area contributed by atoms with Crippen molar-refractivity contribution in [2.75, 3.05) is 6.61 Å². The summed E-state index contributed by atoms with van der Waals surface area (Å²) in [5.74, 6) is -0.807. The average Bonchev–Trinajstić information content (AvgIpc) is 3.66. The average molecular weight is 834 g/mol. The van der Waals surface area contributed by atoms with Gasteiger partial charge in [-0.25, -0.2) is 14.3 Å². The van der Waals surface area contributed by atoms with E-state index in [0.717, 1.165) is 36.7 Å². The summed E-state index contributed by atoms with van der Waals surface area (Å²) in [4.78, 5) is 64.5. The minimum absolute atomic E-state index is 0.213. The highest BCUT2D eigenvalue weighted by molar-refractivity contribution is 7.64. The molecule has 18 heteroatoms. The van der Waals surface area contributed by atoms with Crippen molar-refractivity contribution in [3.05, 3.63) is 94.1 Å². The van der Waals surface area contributed by atoms with Crippen molar-refractivity contribution in [1.29, 1.82) is 0 Å². The van der Waals surface area contributed by atoms with Crippen molar-refractivity contribution in [3.63, 3.8) is 0 Å². The van der Waals surface area contributed by atoms with Crippen LogP contribution in [0.2, 0.25) is 0 Å². The molecule has 4 atom stereocenters. The molecule has 2 unspecified atom stereocenters. The van der Waals surface area contributed by atoms with E-state index in [-0.39, 0.29) is 23.9 Å². The van der Waals surface area contributed by atoms with E-state index < -0.39 is 59.7 Å². The Bertz CT molecular complexity index is 1870. The largest absolute Gasteiger partial charge is 0.858 e. The van der Waals surface area contributed by atoms with Crippen LogP contribution >= 0.6 is 16.0 Å². The molecule has 0 fully saturated rings. The molecule has 0 saturated carbocycles. The number of hydrogen-bond donors (Lipinski definition) is 1. The third kappa shape index (κ3) is 16.2. The monoisotopic (exact) mass is 833 g/mol. The molecule has 2 heterocycles. The van der Waals surface area contributed by atoms with E-state index in [9.17, 15) is 33.8 Å². The molecule has 0 spiro atoms. The zero-order valence-corrected chi connectivity index (χ0v) is 34.2. The van der Waals surface area contributed by atoms with Gasteiger partial charge in [-0.2, -0.15) is 9.05 Å². The lowest BCUT2D eigenvalue weighted by Gasteiger charge is -2.26. The van der Waals surface area contributed by atoms with Crippen LogP contribution in [-0.2, 0) is 50.0 Å². The molecule has 1 aromatic heterocycles. The van der Waals surface area contributed by atoms with E-state index in [4.69, 9.17) is 32.1 Å². The molecule has 3 aromatic rings.